The van der Waals surface area contributed by atoms with Gasteiger partial charge in [-0.3, -0.25) is 4.79 Å². The number of nitrogens with zero attached hydrogens (tertiary/aromatic N) is 1. The normalized spacial score (nSPS) is 18.8. The molecule has 1 aliphatic rings. The van der Waals surface area contributed by atoms with Gasteiger partial charge in [-0.25, -0.2) is 0 Å². The lowest BCUT2D eigenvalue weighted by molar-refractivity contribution is -0.130. The van der Waals surface area contributed by atoms with Crippen molar-refractivity contribution in [1.82, 2.24) is 4.90 Å². The zero-order chi connectivity index (χ0) is 13.7. The second kappa shape index (κ2) is 6.57. The number of anilines is 1. The molecule has 0 aliphatic carbocycles. The Hall–Kier alpha value is -1.55. The third kappa shape index (κ3) is 3.70. The maximum atomic E-state index is 12.1. The van der Waals surface area contributed by atoms with E-state index in [-0.39, 0.29) is 5.91 Å². The summed E-state index contributed by atoms with van der Waals surface area (Å²) in [5.41, 5.74) is 7.71. The number of para-hydroxylation sites is 1. The van der Waals surface area contributed by atoms with Gasteiger partial charge in [0, 0.05) is 38.2 Å². The van der Waals surface area contributed by atoms with Crippen molar-refractivity contribution in [2.75, 3.05) is 32.5 Å². The van der Waals surface area contributed by atoms with E-state index in [0.717, 1.165) is 43.8 Å². The fourth-order valence-electron chi connectivity index (χ4n) is 2.59. The standard InChI is InChI=1S/C15H22N2O2/c1-19-11-12-8-9-17(10-12)15(18)7-6-13-4-2-3-5-14(13)16/h2-5,12H,6-11,16H2,1H3. The van der Waals surface area contributed by atoms with E-state index < -0.39 is 0 Å². The van der Waals surface area contributed by atoms with Crippen LogP contribution in [0.25, 0.3) is 0 Å². The lowest BCUT2D eigenvalue weighted by Crippen LogP contribution is -2.29. The number of hydrogen-bond donors (Lipinski definition) is 1. The summed E-state index contributed by atoms with van der Waals surface area (Å²) in [5, 5.41) is 0. The largest absolute Gasteiger partial charge is 0.399 e. The quantitative estimate of drug-likeness (QED) is 0.822. The van der Waals surface area contributed by atoms with Crippen LogP contribution in [0.2, 0.25) is 0 Å². The molecule has 1 atom stereocenters. The summed E-state index contributed by atoms with van der Waals surface area (Å²) in [4.78, 5) is 14.1. The van der Waals surface area contributed by atoms with Crippen LogP contribution >= 0.6 is 0 Å². The molecule has 1 fully saturated rings. The predicted octanol–water partition coefficient (Wildman–Crippen LogP) is 1.70. The molecule has 19 heavy (non-hydrogen) atoms. The Balaban J connectivity index is 1.81. The Morgan fingerprint density at radius 3 is 3.00 bits per heavy atom. The van der Waals surface area contributed by atoms with Gasteiger partial charge in [-0.2, -0.15) is 0 Å². The number of methoxy groups -OCH3 is 1. The molecule has 1 amide bonds. The van der Waals surface area contributed by atoms with Gasteiger partial charge in [-0.15, -0.1) is 0 Å². The number of carbonyl (C=O) groups is 1. The predicted molar refractivity (Wildman–Crippen MR) is 75.7 cm³/mol. The van der Waals surface area contributed by atoms with Gasteiger partial charge in [-0.1, -0.05) is 18.2 Å². The van der Waals surface area contributed by atoms with Crippen molar-refractivity contribution in [2.24, 2.45) is 5.92 Å². The van der Waals surface area contributed by atoms with Gasteiger partial charge in [0.2, 0.25) is 5.91 Å². The number of ether oxygens (including phenoxy) is 1. The van der Waals surface area contributed by atoms with Crippen molar-refractivity contribution in [1.29, 1.82) is 0 Å². The van der Waals surface area contributed by atoms with Crippen LogP contribution in [0, 0.1) is 5.92 Å². The summed E-state index contributed by atoms with van der Waals surface area (Å²) < 4.78 is 5.14. The maximum Gasteiger partial charge on any atom is 0.222 e. The van der Waals surface area contributed by atoms with Gasteiger partial charge in [0.05, 0.1) is 6.61 Å². The maximum absolute atomic E-state index is 12.1. The Kier molecular flexibility index (Phi) is 4.80. The van der Waals surface area contributed by atoms with E-state index in [1.54, 1.807) is 7.11 Å². The van der Waals surface area contributed by atoms with Gasteiger partial charge in [0.15, 0.2) is 0 Å². The Morgan fingerprint density at radius 2 is 2.26 bits per heavy atom. The Bertz CT molecular complexity index is 434. The molecule has 1 heterocycles. The molecule has 1 aliphatic heterocycles. The monoisotopic (exact) mass is 262 g/mol. The lowest BCUT2D eigenvalue weighted by atomic mass is 10.1. The molecule has 0 bridgehead atoms. The minimum absolute atomic E-state index is 0.224. The first kappa shape index (κ1) is 13.9. The minimum atomic E-state index is 0.224. The summed E-state index contributed by atoms with van der Waals surface area (Å²) in [6.45, 7) is 2.43. The van der Waals surface area contributed by atoms with Crippen molar-refractivity contribution in [3.05, 3.63) is 29.8 Å². The van der Waals surface area contributed by atoms with Crippen LogP contribution in [0.3, 0.4) is 0 Å². The number of likely N-dealkylation sites (tertiary alicyclic amines) is 1. The van der Waals surface area contributed by atoms with Crippen LogP contribution in [0.1, 0.15) is 18.4 Å². The van der Waals surface area contributed by atoms with Crippen LogP contribution in [-0.4, -0.2) is 37.6 Å². The number of nitrogen functional groups attached to an aromatic ring is 1. The Labute approximate surface area is 114 Å². The van der Waals surface area contributed by atoms with Crippen LogP contribution in [0.15, 0.2) is 24.3 Å². The van der Waals surface area contributed by atoms with E-state index in [9.17, 15) is 4.79 Å². The molecule has 2 N–H and O–H groups in total. The van der Waals surface area contributed by atoms with Gasteiger partial charge in [0.25, 0.3) is 0 Å². The molecule has 1 aromatic rings. The van der Waals surface area contributed by atoms with Gasteiger partial charge in [0.1, 0.15) is 0 Å². The van der Waals surface area contributed by atoms with E-state index in [2.05, 4.69) is 0 Å². The van der Waals surface area contributed by atoms with Crippen LogP contribution < -0.4 is 5.73 Å². The molecule has 2 rings (SSSR count). The average Bonchev–Trinajstić information content (AvgIpc) is 2.87. The Morgan fingerprint density at radius 1 is 1.47 bits per heavy atom. The fourth-order valence-corrected chi connectivity index (χ4v) is 2.59. The highest BCUT2D eigenvalue weighted by Crippen LogP contribution is 2.19. The first-order valence-corrected chi connectivity index (χ1v) is 6.80. The molecule has 0 radical (unpaired) electrons. The molecule has 4 heteroatoms. The van der Waals surface area contributed by atoms with E-state index in [1.807, 2.05) is 29.2 Å². The van der Waals surface area contributed by atoms with Crippen LogP contribution in [0.4, 0.5) is 5.69 Å². The fraction of sp³-hybridized carbons (Fsp3) is 0.533. The van der Waals surface area contributed by atoms with E-state index in [1.165, 1.54) is 0 Å². The van der Waals surface area contributed by atoms with Crippen molar-refractivity contribution in [2.45, 2.75) is 19.3 Å². The number of amides is 1. The smallest absolute Gasteiger partial charge is 0.222 e. The molecule has 0 spiro atoms. The topological polar surface area (TPSA) is 55.6 Å². The third-order valence-corrected chi connectivity index (χ3v) is 3.70. The zero-order valence-electron chi connectivity index (χ0n) is 11.5. The van der Waals surface area contributed by atoms with Crippen molar-refractivity contribution in [3.8, 4) is 0 Å². The first-order valence-electron chi connectivity index (χ1n) is 6.80. The molecule has 1 saturated heterocycles. The SMILES string of the molecule is COCC1CCN(C(=O)CCc2ccccc2N)C1. The van der Waals surface area contributed by atoms with Crippen molar-refractivity contribution < 1.29 is 9.53 Å². The molecule has 1 aromatic carbocycles. The van der Waals surface area contributed by atoms with Gasteiger partial charge >= 0.3 is 0 Å². The molecule has 0 saturated carbocycles. The first-order chi connectivity index (χ1) is 9.20. The second-order valence-electron chi connectivity index (χ2n) is 5.15. The highest BCUT2D eigenvalue weighted by Gasteiger charge is 2.25. The number of rotatable bonds is 5. The number of carbonyl (C=O) groups excluding carboxylic acids is 1. The summed E-state index contributed by atoms with van der Waals surface area (Å²) in [6.07, 6.45) is 2.30. The number of benzene rings is 1. The lowest BCUT2D eigenvalue weighted by Gasteiger charge is -2.16. The van der Waals surface area contributed by atoms with Gasteiger partial charge in [-0.05, 0) is 24.5 Å². The van der Waals surface area contributed by atoms with Gasteiger partial charge < -0.3 is 15.4 Å². The van der Waals surface area contributed by atoms with Crippen LogP contribution in [0.5, 0.6) is 0 Å². The average molecular weight is 262 g/mol. The van der Waals surface area contributed by atoms with Crippen molar-refractivity contribution in [3.63, 3.8) is 0 Å². The van der Waals surface area contributed by atoms with E-state index >= 15 is 0 Å². The highest BCUT2D eigenvalue weighted by molar-refractivity contribution is 5.77. The summed E-state index contributed by atoms with van der Waals surface area (Å²) in [7, 11) is 1.71. The zero-order valence-corrected chi connectivity index (χ0v) is 11.5. The summed E-state index contributed by atoms with van der Waals surface area (Å²) in [5.74, 6) is 0.720. The molecule has 104 valence electrons. The molecular weight excluding hydrogens is 240 g/mol. The second-order valence-corrected chi connectivity index (χ2v) is 5.15. The number of nitrogens with two attached hydrogens (primary N) is 1. The summed E-state index contributed by atoms with van der Waals surface area (Å²) in [6, 6.07) is 7.74. The number of aryl methyl sites for hydroxylation is 1. The molecule has 4 nitrogen and oxygen atoms in total. The highest BCUT2D eigenvalue weighted by atomic mass is 16.5. The molecule has 1 unspecified atom stereocenters. The molecular formula is C15H22N2O2. The molecule has 0 aromatic heterocycles. The van der Waals surface area contributed by atoms with Crippen molar-refractivity contribution >= 4 is 11.6 Å². The minimum Gasteiger partial charge on any atom is -0.399 e. The summed E-state index contributed by atoms with van der Waals surface area (Å²) >= 11 is 0. The third-order valence-electron chi connectivity index (χ3n) is 3.70. The number of hydrogen-bond acceptors (Lipinski definition) is 3. The van der Waals surface area contributed by atoms with E-state index in [0.29, 0.717) is 12.3 Å². The van der Waals surface area contributed by atoms with Crippen LogP contribution in [-0.2, 0) is 16.0 Å². The van der Waals surface area contributed by atoms with E-state index in [4.69, 9.17) is 10.5 Å².